The summed E-state index contributed by atoms with van der Waals surface area (Å²) in [5.41, 5.74) is 0.748. The lowest BCUT2D eigenvalue weighted by atomic mass is 10.2. The monoisotopic (exact) mass is 429 g/mol. The Morgan fingerprint density at radius 1 is 1.08 bits per heavy atom. The van der Waals surface area contributed by atoms with Crippen molar-refractivity contribution in [3.63, 3.8) is 0 Å². The first-order valence-corrected chi connectivity index (χ1v) is 10.1. The second-order valence-corrected chi connectivity index (χ2v) is 10.1. The third-order valence-electron chi connectivity index (χ3n) is 3.27. The van der Waals surface area contributed by atoms with Gasteiger partial charge in [0.05, 0.1) is 23.6 Å². The Morgan fingerprint density at radius 3 is 2.17 bits per heavy atom. The maximum Gasteiger partial charge on any atom is 0.272 e. The van der Waals surface area contributed by atoms with E-state index in [2.05, 4.69) is 16.0 Å². The fourth-order valence-electron chi connectivity index (χ4n) is 2.24. The predicted octanol–water partition coefficient (Wildman–Crippen LogP) is 1.63. The number of carbonyl (C=O) groups excluding carboxylic acids is 1. The van der Waals surface area contributed by atoms with Crippen LogP contribution in [0.25, 0.3) is 0 Å². The summed E-state index contributed by atoms with van der Waals surface area (Å²) in [4.78, 5) is 11.8. The molecule has 3 N–H and O–H groups in total. The summed E-state index contributed by atoms with van der Waals surface area (Å²) >= 11 is 21.7. The van der Waals surface area contributed by atoms with Crippen molar-refractivity contribution in [3.05, 3.63) is 30.3 Å². The molecule has 132 valence electrons. The molecular weight excluding hydrogens is 417 g/mol. The zero-order chi connectivity index (χ0) is 18.0. The molecule has 0 aliphatic carbocycles. The van der Waals surface area contributed by atoms with Crippen molar-refractivity contribution in [2.75, 3.05) is 16.8 Å². The van der Waals surface area contributed by atoms with E-state index < -0.39 is 31.6 Å². The van der Waals surface area contributed by atoms with Crippen LogP contribution in [0.3, 0.4) is 0 Å². The topological polar surface area (TPSA) is 87.3 Å². The maximum atomic E-state index is 11.9. The Morgan fingerprint density at radius 2 is 1.62 bits per heavy atom. The molecule has 0 saturated carbocycles. The number of anilines is 1. The van der Waals surface area contributed by atoms with Gasteiger partial charge in [-0.2, -0.15) is 0 Å². The number of benzene rings is 1. The number of carbonyl (C=O) groups is 1. The smallest absolute Gasteiger partial charge is 0.272 e. The van der Waals surface area contributed by atoms with Gasteiger partial charge in [0.25, 0.3) is 9.70 Å². The van der Waals surface area contributed by atoms with Crippen LogP contribution in [0.5, 0.6) is 0 Å². The first-order chi connectivity index (χ1) is 11.1. The third kappa shape index (κ3) is 5.63. The van der Waals surface area contributed by atoms with Crippen molar-refractivity contribution in [2.45, 2.75) is 15.9 Å². The average molecular weight is 431 g/mol. The Balaban J connectivity index is 2.03. The van der Waals surface area contributed by atoms with Gasteiger partial charge in [-0.25, -0.2) is 8.42 Å². The van der Waals surface area contributed by atoms with Crippen LogP contribution in [0.2, 0.25) is 0 Å². The number of alkyl halides is 3. The summed E-state index contributed by atoms with van der Waals surface area (Å²) in [5.74, 6) is -1.33. The van der Waals surface area contributed by atoms with Gasteiger partial charge in [0.15, 0.2) is 14.9 Å². The minimum Gasteiger partial charge on any atom is -0.357 e. The molecule has 1 amide bonds. The number of sulfone groups is 1. The summed E-state index contributed by atoms with van der Waals surface area (Å²) in [5, 5.41) is 8.48. The Kier molecular flexibility index (Phi) is 6.19. The van der Waals surface area contributed by atoms with Gasteiger partial charge in [-0.1, -0.05) is 53.0 Å². The first-order valence-electron chi connectivity index (χ1n) is 6.77. The highest BCUT2D eigenvalue weighted by molar-refractivity contribution is 7.91. The Labute approximate surface area is 160 Å². The van der Waals surface area contributed by atoms with Gasteiger partial charge in [-0.05, 0) is 24.4 Å². The maximum absolute atomic E-state index is 11.9. The molecule has 0 bridgehead atoms. The van der Waals surface area contributed by atoms with Crippen LogP contribution >= 0.6 is 47.0 Å². The molecule has 1 aromatic rings. The third-order valence-corrected chi connectivity index (χ3v) is 5.74. The zero-order valence-corrected chi connectivity index (χ0v) is 16.0. The van der Waals surface area contributed by atoms with Gasteiger partial charge in [0.1, 0.15) is 0 Å². The van der Waals surface area contributed by atoms with Crippen LogP contribution in [0.15, 0.2) is 30.3 Å². The fourth-order valence-corrected chi connectivity index (χ4v) is 4.53. The molecule has 6 nitrogen and oxygen atoms in total. The van der Waals surface area contributed by atoms with Gasteiger partial charge in [0.2, 0.25) is 0 Å². The molecule has 1 aliphatic rings. The lowest BCUT2D eigenvalue weighted by Gasteiger charge is -2.23. The van der Waals surface area contributed by atoms with Crippen LogP contribution in [0.1, 0.15) is 0 Å². The van der Waals surface area contributed by atoms with E-state index in [0.29, 0.717) is 0 Å². The normalized spacial score (nSPS) is 22.6. The highest BCUT2D eigenvalue weighted by Gasteiger charge is 2.42. The van der Waals surface area contributed by atoms with Crippen molar-refractivity contribution in [1.29, 1.82) is 0 Å². The van der Waals surface area contributed by atoms with Gasteiger partial charge >= 0.3 is 0 Å². The number of hydrogen-bond acceptors (Lipinski definition) is 4. The number of rotatable bonds is 3. The molecule has 24 heavy (non-hydrogen) atoms. The van der Waals surface area contributed by atoms with E-state index in [1.165, 1.54) is 0 Å². The highest BCUT2D eigenvalue weighted by atomic mass is 35.6. The van der Waals surface area contributed by atoms with E-state index in [1.807, 2.05) is 30.3 Å². The van der Waals surface area contributed by atoms with Crippen LogP contribution in [-0.2, 0) is 14.6 Å². The van der Waals surface area contributed by atoms with E-state index in [0.717, 1.165) is 5.69 Å². The van der Waals surface area contributed by atoms with E-state index in [-0.39, 0.29) is 16.6 Å². The van der Waals surface area contributed by atoms with Crippen LogP contribution in [0, 0.1) is 0 Å². The second kappa shape index (κ2) is 7.61. The molecule has 11 heteroatoms. The number of nitrogens with one attached hydrogen (secondary N) is 3. The van der Waals surface area contributed by atoms with Crippen LogP contribution < -0.4 is 16.0 Å². The molecule has 2 atom stereocenters. The summed E-state index contributed by atoms with van der Waals surface area (Å²) in [6.07, 6.45) is 0. The Hall–Kier alpha value is -0.800. The van der Waals surface area contributed by atoms with E-state index in [4.69, 9.17) is 47.0 Å². The van der Waals surface area contributed by atoms with Gasteiger partial charge in [-0.15, -0.1) is 0 Å². The fraction of sp³-hybridized carbons (Fsp3) is 0.385. The molecule has 1 fully saturated rings. The minimum atomic E-state index is -3.35. The SMILES string of the molecule is O=C(N[C@H]1CS(=O)(=O)C[C@H]1NC(=S)Nc1ccccc1)C(Cl)(Cl)Cl. The van der Waals surface area contributed by atoms with Crippen molar-refractivity contribution < 1.29 is 13.2 Å². The van der Waals surface area contributed by atoms with Crippen LogP contribution in [0.4, 0.5) is 5.69 Å². The first kappa shape index (κ1) is 19.5. The molecule has 0 spiro atoms. The zero-order valence-electron chi connectivity index (χ0n) is 12.1. The number of thiocarbonyl (C=S) groups is 1. The molecule has 0 radical (unpaired) electrons. The van der Waals surface area contributed by atoms with Gasteiger partial charge < -0.3 is 16.0 Å². The molecule has 1 aromatic carbocycles. The number of hydrogen-bond donors (Lipinski definition) is 3. The molecule has 0 unspecified atom stereocenters. The lowest BCUT2D eigenvalue weighted by molar-refractivity contribution is -0.120. The molecular formula is C13H14Cl3N3O3S2. The van der Waals surface area contributed by atoms with E-state index in [1.54, 1.807) is 0 Å². The minimum absolute atomic E-state index is 0.186. The molecule has 1 aliphatic heterocycles. The molecule has 2 rings (SSSR count). The summed E-state index contributed by atoms with van der Waals surface area (Å²) < 4.78 is 21.6. The standard InChI is InChI=1S/C13H14Cl3N3O3S2/c14-13(15,16)11(20)18-9-6-24(21,22)7-10(9)19-12(23)17-8-4-2-1-3-5-8/h1-5,9-10H,6-7H2,(H,18,20)(H2,17,19,23)/t9-,10+/m0/s1. The summed E-state index contributed by atoms with van der Waals surface area (Å²) in [6.45, 7) is 0. The quantitative estimate of drug-likeness (QED) is 0.499. The molecule has 1 saturated heterocycles. The molecule has 1 heterocycles. The summed E-state index contributed by atoms with van der Waals surface area (Å²) in [7, 11) is -3.35. The lowest BCUT2D eigenvalue weighted by Crippen LogP contribution is -2.53. The predicted molar refractivity (Wildman–Crippen MR) is 100 cm³/mol. The Bertz CT molecular complexity index is 723. The van der Waals surface area contributed by atoms with Gasteiger partial charge in [-0.3, -0.25) is 4.79 Å². The number of amides is 1. The van der Waals surface area contributed by atoms with Crippen molar-refractivity contribution in [3.8, 4) is 0 Å². The van der Waals surface area contributed by atoms with Gasteiger partial charge in [0, 0.05) is 5.69 Å². The second-order valence-electron chi connectivity index (χ2n) is 5.23. The van der Waals surface area contributed by atoms with Crippen molar-refractivity contribution in [1.82, 2.24) is 10.6 Å². The van der Waals surface area contributed by atoms with E-state index in [9.17, 15) is 13.2 Å². The highest BCUT2D eigenvalue weighted by Crippen LogP contribution is 2.27. The summed E-state index contributed by atoms with van der Waals surface area (Å²) in [6, 6.07) is 7.74. The van der Waals surface area contributed by atoms with Crippen LogP contribution in [-0.4, -0.2) is 46.8 Å². The number of para-hydroxylation sites is 1. The average Bonchev–Trinajstić information content (AvgIpc) is 2.72. The van der Waals surface area contributed by atoms with Crippen molar-refractivity contribution >= 4 is 73.6 Å². The molecule has 0 aromatic heterocycles. The van der Waals surface area contributed by atoms with Crippen molar-refractivity contribution in [2.24, 2.45) is 0 Å². The largest absolute Gasteiger partial charge is 0.357 e. The number of halogens is 3. The van der Waals surface area contributed by atoms with E-state index >= 15 is 0 Å².